The van der Waals surface area contributed by atoms with E-state index in [0.717, 1.165) is 32.8 Å². The third kappa shape index (κ3) is 13.7. The number of carbonyl (C=O) groups excluding carboxylic acids is 5. The van der Waals surface area contributed by atoms with E-state index in [0.29, 0.717) is 5.56 Å². The minimum Gasteiger partial charge on any atom is -0.460 e. The number of fused-ring (bicyclic) bond motifs is 3. The zero-order chi connectivity index (χ0) is 43.3. The molecule has 0 unspecified atom stereocenters. The summed E-state index contributed by atoms with van der Waals surface area (Å²) in [6.45, 7) is 9.65. The molecular formula is C46H55N5O9. The van der Waals surface area contributed by atoms with E-state index in [1.165, 1.54) is 0 Å². The molecule has 4 aromatic rings. The van der Waals surface area contributed by atoms with Gasteiger partial charge in [-0.3, -0.25) is 14.4 Å². The molecule has 14 heteroatoms. The maximum atomic E-state index is 14.1. The number of amides is 5. The molecule has 1 aliphatic rings. The van der Waals surface area contributed by atoms with Crippen molar-refractivity contribution in [3.05, 3.63) is 131 Å². The summed E-state index contributed by atoms with van der Waals surface area (Å²) in [6.07, 6.45) is -0.881. The molecule has 0 aliphatic heterocycles. The predicted molar refractivity (Wildman–Crippen MR) is 225 cm³/mol. The van der Waals surface area contributed by atoms with Crippen molar-refractivity contribution >= 4 is 29.9 Å². The second kappa shape index (κ2) is 20.6. The lowest BCUT2D eigenvalue weighted by atomic mass is 9.98. The lowest BCUT2D eigenvalue weighted by Gasteiger charge is -2.30. The summed E-state index contributed by atoms with van der Waals surface area (Å²) in [5.74, 6) is -2.39. The normalized spacial score (nSPS) is 13.2. The van der Waals surface area contributed by atoms with Gasteiger partial charge in [-0.2, -0.15) is 0 Å². The molecule has 2 atom stereocenters. The van der Waals surface area contributed by atoms with Crippen LogP contribution in [0.2, 0.25) is 0 Å². The zero-order valence-corrected chi connectivity index (χ0v) is 35.0. The van der Waals surface area contributed by atoms with Crippen molar-refractivity contribution in [2.24, 2.45) is 0 Å². The lowest BCUT2D eigenvalue weighted by Crippen LogP contribution is -2.60. The zero-order valence-electron chi connectivity index (χ0n) is 35.0. The van der Waals surface area contributed by atoms with Gasteiger partial charge in [-0.05, 0) is 74.9 Å². The first-order chi connectivity index (χ1) is 28.6. The molecule has 0 saturated heterocycles. The van der Waals surface area contributed by atoms with E-state index >= 15 is 0 Å². The first kappa shape index (κ1) is 44.8. The van der Waals surface area contributed by atoms with E-state index in [-0.39, 0.29) is 38.9 Å². The van der Waals surface area contributed by atoms with Crippen molar-refractivity contribution in [2.75, 3.05) is 26.4 Å². The first-order valence-corrected chi connectivity index (χ1v) is 19.9. The topological polar surface area (TPSA) is 174 Å². The van der Waals surface area contributed by atoms with E-state index in [1.807, 2.05) is 72.8 Å². The average molecular weight is 822 g/mol. The highest BCUT2D eigenvalue weighted by Gasteiger charge is 2.33. The van der Waals surface area contributed by atoms with Crippen LogP contribution in [0.4, 0.5) is 9.59 Å². The fraction of sp³-hybridized carbons (Fsp3) is 0.370. The molecule has 0 heterocycles. The van der Waals surface area contributed by atoms with Crippen LogP contribution in [0.15, 0.2) is 109 Å². The van der Waals surface area contributed by atoms with E-state index in [1.54, 1.807) is 77.9 Å². The van der Waals surface area contributed by atoms with Crippen molar-refractivity contribution in [1.82, 2.24) is 26.4 Å². The minimum absolute atomic E-state index is 0.00987. The van der Waals surface area contributed by atoms with Gasteiger partial charge in [-0.25, -0.2) is 20.0 Å². The van der Waals surface area contributed by atoms with E-state index in [2.05, 4.69) is 21.4 Å². The standard InChI is InChI=1S/C46H55N5O9/c1-45(2,3)59-29-38(41(53)47-25-40(52)57-27-32-19-11-8-12-20-32)48-42(54)39(30-60-46(4,5)6)49-43(55)51(26-31-17-9-7-10-18-31)50-44(56)58-28-37-35-23-15-13-21-33(35)34-22-14-16-24-36(34)37/h7-24,37-39H,25-30H2,1-6H3,(H,47,53)(H,48,54)(H,49,55)(H,50,56)/t38-,39-/m0/s1. The molecule has 60 heavy (non-hydrogen) atoms. The number of hydrogen-bond acceptors (Lipinski definition) is 9. The maximum Gasteiger partial charge on any atom is 0.426 e. The molecule has 4 aromatic carbocycles. The van der Waals surface area contributed by atoms with E-state index < -0.39 is 59.7 Å². The minimum atomic E-state index is -1.36. The van der Waals surface area contributed by atoms with E-state index in [9.17, 15) is 24.0 Å². The van der Waals surface area contributed by atoms with Crippen LogP contribution >= 0.6 is 0 Å². The largest absolute Gasteiger partial charge is 0.460 e. The molecular weight excluding hydrogens is 767 g/mol. The van der Waals surface area contributed by atoms with Crippen molar-refractivity contribution in [3.63, 3.8) is 0 Å². The second-order valence-corrected chi connectivity index (χ2v) is 16.3. The number of nitrogens with zero attached hydrogens (tertiary/aromatic N) is 1. The van der Waals surface area contributed by atoms with Crippen molar-refractivity contribution in [2.45, 2.75) is 83.9 Å². The Bertz CT molecular complexity index is 2040. The van der Waals surface area contributed by atoms with Gasteiger partial charge in [-0.1, -0.05) is 109 Å². The number of hydrazine groups is 1. The van der Waals surface area contributed by atoms with Gasteiger partial charge in [0.1, 0.15) is 31.8 Å². The van der Waals surface area contributed by atoms with Gasteiger partial charge < -0.3 is 34.9 Å². The van der Waals surface area contributed by atoms with Gasteiger partial charge in [0.15, 0.2) is 0 Å². The Morgan fingerprint density at radius 3 is 1.67 bits per heavy atom. The van der Waals surface area contributed by atoms with E-state index in [4.69, 9.17) is 18.9 Å². The van der Waals surface area contributed by atoms with Gasteiger partial charge in [0.25, 0.3) is 0 Å². The van der Waals surface area contributed by atoms with Crippen LogP contribution in [0.5, 0.6) is 0 Å². The summed E-state index contributed by atoms with van der Waals surface area (Å²) in [6, 6.07) is 30.4. The van der Waals surface area contributed by atoms with Crippen LogP contribution in [0.1, 0.15) is 69.7 Å². The Balaban J connectivity index is 1.28. The second-order valence-electron chi connectivity index (χ2n) is 16.3. The summed E-state index contributed by atoms with van der Waals surface area (Å²) < 4.78 is 22.8. The number of carbonyl (C=O) groups is 5. The van der Waals surface area contributed by atoms with Crippen LogP contribution in [0, 0.1) is 0 Å². The Labute approximate surface area is 351 Å². The van der Waals surface area contributed by atoms with Crippen LogP contribution in [0.25, 0.3) is 11.1 Å². The summed E-state index contributed by atoms with van der Waals surface area (Å²) in [7, 11) is 0. The number of esters is 1. The van der Waals surface area contributed by atoms with Crippen LogP contribution in [0.3, 0.4) is 0 Å². The number of nitrogens with one attached hydrogen (secondary N) is 4. The SMILES string of the molecule is CC(C)(C)OC[C@H](NC(=O)[C@H](COC(C)(C)C)NC(=O)N(Cc1ccccc1)NC(=O)OCC1c2ccccc2-c2ccccc21)C(=O)NCC(=O)OCc1ccccc1. The van der Waals surface area contributed by atoms with Gasteiger partial charge in [0.2, 0.25) is 11.8 Å². The Morgan fingerprint density at radius 1 is 0.617 bits per heavy atom. The first-order valence-electron chi connectivity index (χ1n) is 19.9. The molecule has 14 nitrogen and oxygen atoms in total. The monoisotopic (exact) mass is 821 g/mol. The molecule has 0 spiro atoms. The summed E-state index contributed by atoms with van der Waals surface area (Å²) in [5, 5.41) is 8.85. The number of hydrogen-bond donors (Lipinski definition) is 4. The smallest absolute Gasteiger partial charge is 0.426 e. The molecule has 1 aliphatic carbocycles. The van der Waals surface area contributed by atoms with Crippen molar-refractivity contribution < 1.29 is 42.9 Å². The van der Waals surface area contributed by atoms with Crippen LogP contribution in [-0.2, 0) is 46.5 Å². The molecule has 0 radical (unpaired) electrons. The fourth-order valence-corrected chi connectivity index (χ4v) is 6.27. The predicted octanol–water partition coefficient (Wildman–Crippen LogP) is 6.00. The van der Waals surface area contributed by atoms with Crippen molar-refractivity contribution in [1.29, 1.82) is 0 Å². The quantitative estimate of drug-likeness (QED) is 0.0782. The summed E-state index contributed by atoms with van der Waals surface area (Å²) in [4.78, 5) is 67.5. The fourth-order valence-electron chi connectivity index (χ4n) is 6.27. The number of benzene rings is 4. The van der Waals surface area contributed by atoms with Gasteiger partial charge in [-0.15, -0.1) is 0 Å². The highest BCUT2D eigenvalue weighted by Crippen LogP contribution is 2.44. The molecule has 0 fully saturated rings. The van der Waals surface area contributed by atoms with Crippen LogP contribution < -0.4 is 21.4 Å². The van der Waals surface area contributed by atoms with Gasteiger partial charge >= 0.3 is 18.1 Å². The Hall–Kier alpha value is -6.25. The van der Waals surface area contributed by atoms with Crippen molar-refractivity contribution in [3.8, 4) is 11.1 Å². The number of ether oxygens (including phenoxy) is 4. The lowest BCUT2D eigenvalue weighted by molar-refractivity contribution is -0.145. The molecule has 5 rings (SSSR count). The molecule has 0 aromatic heterocycles. The molecule has 318 valence electrons. The summed E-state index contributed by atoms with van der Waals surface area (Å²) >= 11 is 0. The van der Waals surface area contributed by atoms with Crippen LogP contribution in [-0.4, -0.2) is 84.6 Å². The van der Waals surface area contributed by atoms with Gasteiger partial charge in [0, 0.05) is 5.92 Å². The average Bonchev–Trinajstić information content (AvgIpc) is 3.54. The Morgan fingerprint density at radius 2 is 1.12 bits per heavy atom. The van der Waals surface area contributed by atoms with Gasteiger partial charge in [0.05, 0.1) is 31.0 Å². The number of rotatable bonds is 16. The maximum absolute atomic E-state index is 14.1. The Kier molecular flexibility index (Phi) is 15.4. The third-order valence-electron chi connectivity index (χ3n) is 9.26. The highest BCUT2D eigenvalue weighted by atomic mass is 16.6. The molecule has 0 saturated carbocycles. The third-order valence-corrected chi connectivity index (χ3v) is 9.26. The highest BCUT2D eigenvalue weighted by molar-refractivity contribution is 5.93. The molecule has 0 bridgehead atoms. The molecule has 4 N–H and O–H groups in total. The molecule has 5 amide bonds. The number of urea groups is 1. The summed E-state index contributed by atoms with van der Waals surface area (Å²) in [5.41, 5.74) is 6.80.